The van der Waals surface area contributed by atoms with Crippen molar-refractivity contribution in [2.45, 2.75) is 45.0 Å². The van der Waals surface area contributed by atoms with Crippen molar-refractivity contribution in [3.05, 3.63) is 47.0 Å². The van der Waals surface area contributed by atoms with Gasteiger partial charge in [0.2, 0.25) is 0 Å². The number of nitrogens with zero attached hydrogens (tertiary/aromatic N) is 2. The maximum atomic E-state index is 12.6. The third-order valence-corrected chi connectivity index (χ3v) is 5.05. The number of para-hydroxylation sites is 1. The van der Waals surface area contributed by atoms with Crippen molar-refractivity contribution in [3.8, 4) is 5.75 Å². The Balaban J connectivity index is 1.70. The Morgan fingerprint density at radius 1 is 1.17 bits per heavy atom. The number of alkyl halides is 3. The molecule has 0 radical (unpaired) electrons. The van der Waals surface area contributed by atoms with Gasteiger partial charge in [-0.2, -0.15) is 0 Å². The lowest BCUT2D eigenvalue weighted by Crippen LogP contribution is -2.19. The van der Waals surface area contributed by atoms with E-state index >= 15 is 0 Å². The quantitative estimate of drug-likeness (QED) is 0.492. The van der Waals surface area contributed by atoms with Gasteiger partial charge in [-0.25, -0.2) is 10.2 Å². The van der Waals surface area contributed by atoms with E-state index in [0.717, 1.165) is 12.8 Å². The summed E-state index contributed by atoms with van der Waals surface area (Å²) in [5.41, 5.74) is 0.664. The van der Waals surface area contributed by atoms with Crippen molar-refractivity contribution in [2.24, 2.45) is 5.92 Å². The summed E-state index contributed by atoms with van der Waals surface area (Å²) in [5.74, 6) is 0.528. The molecule has 1 aliphatic rings. The van der Waals surface area contributed by atoms with E-state index in [1.165, 1.54) is 43.7 Å². The molecule has 3 rings (SSSR count). The molecule has 2 aromatic rings. The lowest BCUT2D eigenvalue weighted by Gasteiger charge is -2.22. The number of hydrogen-bond acceptors (Lipinski definition) is 5. The van der Waals surface area contributed by atoms with Crippen LogP contribution in [0.15, 0.2) is 36.5 Å². The maximum Gasteiger partial charge on any atom is 0.573 e. The van der Waals surface area contributed by atoms with Crippen LogP contribution in [0.4, 0.5) is 30.4 Å². The third kappa shape index (κ3) is 6.23. The van der Waals surface area contributed by atoms with E-state index in [2.05, 4.69) is 20.4 Å². The standard InChI is InChI=1S/C20H24F3N4O3/c21-20(22,23)30-18-9-5-4-8-15(18)12-25-19-10-16(17(13-26-19)27(28)29)24-11-14-6-2-1-3-7-14/h4-5,8-10,13-14H,1-3,6-7,11-12H2,(H,28,29)(H2,24,25,26)/q+1. The molecule has 7 nitrogen and oxygen atoms in total. The number of pyridine rings is 1. The lowest BCUT2D eigenvalue weighted by molar-refractivity contribution is -0.729. The summed E-state index contributed by atoms with van der Waals surface area (Å²) in [4.78, 5) is 15.2. The Morgan fingerprint density at radius 3 is 2.60 bits per heavy atom. The molecule has 0 unspecified atom stereocenters. The second-order valence-corrected chi connectivity index (χ2v) is 7.25. The van der Waals surface area contributed by atoms with Gasteiger partial charge >= 0.3 is 12.0 Å². The van der Waals surface area contributed by atoms with Gasteiger partial charge in [0.25, 0.3) is 4.92 Å². The molecule has 3 N–H and O–H groups in total. The number of hydrogen-bond donors (Lipinski definition) is 3. The third-order valence-electron chi connectivity index (χ3n) is 5.05. The maximum absolute atomic E-state index is 12.6. The van der Waals surface area contributed by atoms with Gasteiger partial charge in [0.05, 0.1) is 4.91 Å². The van der Waals surface area contributed by atoms with Crippen LogP contribution in [0.2, 0.25) is 0 Å². The van der Waals surface area contributed by atoms with Crippen molar-refractivity contribution in [1.82, 2.24) is 4.98 Å². The first-order valence-electron chi connectivity index (χ1n) is 9.79. The number of aromatic nitrogens is 1. The highest BCUT2D eigenvalue weighted by Gasteiger charge is 2.32. The van der Waals surface area contributed by atoms with E-state index < -0.39 is 6.36 Å². The zero-order valence-corrected chi connectivity index (χ0v) is 16.3. The topological polar surface area (TPSA) is 86.5 Å². The fraction of sp³-hybridized carbons (Fsp3) is 0.450. The van der Waals surface area contributed by atoms with Gasteiger partial charge in [-0.3, -0.25) is 0 Å². The summed E-state index contributed by atoms with van der Waals surface area (Å²) in [7, 11) is 0. The molecule has 0 atom stereocenters. The van der Waals surface area contributed by atoms with Crippen LogP contribution in [0.3, 0.4) is 0 Å². The highest BCUT2D eigenvalue weighted by Crippen LogP contribution is 2.30. The van der Waals surface area contributed by atoms with Gasteiger partial charge in [-0.1, -0.05) is 37.5 Å². The molecule has 1 heterocycles. The van der Waals surface area contributed by atoms with Crippen molar-refractivity contribution < 1.29 is 28.0 Å². The van der Waals surface area contributed by atoms with Crippen LogP contribution in [0.25, 0.3) is 0 Å². The number of benzene rings is 1. The second-order valence-electron chi connectivity index (χ2n) is 7.25. The van der Waals surface area contributed by atoms with E-state index in [0.29, 0.717) is 29.5 Å². The molecule has 1 aromatic carbocycles. The van der Waals surface area contributed by atoms with E-state index in [-0.39, 0.29) is 22.9 Å². The molecular weight excluding hydrogens is 401 g/mol. The van der Waals surface area contributed by atoms with Gasteiger partial charge < -0.3 is 15.4 Å². The Bertz CT molecular complexity index is 871. The minimum Gasteiger partial charge on any atom is -0.405 e. The first-order chi connectivity index (χ1) is 14.3. The van der Waals surface area contributed by atoms with Gasteiger partial charge in [0, 0.05) is 24.7 Å². The summed E-state index contributed by atoms with van der Waals surface area (Å²) in [6.45, 7) is 0.688. The molecule has 10 heteroatoms. The van der Waals surface area contributed by atoms with Crippen LogP contribution in [-0.2, 0) is 6.54 Å². The normalized spacial score (nSPS) is 14.9. The fourth-order valence-electron chi connectivity index (χ4n) is 3.54. The molecule has 1 saturated carbocycles. The monoisotopic (exact) mass is 425 g/mol. The Labute approximate surface area is 171 Å². The Kier molecular flexibility index (Phi) is 6.96. The molecule has 1 aromatic heterocycles. The van der Waals surface area contributed by atoms with Gasteiger partial charge in [0.15, 0.2) is 0 Å². The number of nitrogens with one attached hydrogen (secondary N) is 2. The van der Waals surface area contributed by atoms with Crippen LogP contribution in [0, 0.1) is 10.8 Å². The van der Waals surface area contributed by atoms with Crippen molar-refractivity contribution >= 4 is 17.2 Å². The van der Waals surface area contributed by atoms with Gasteiger partial charge in [-0.15, -0.1) is 13.2 Å². The second kappa shape index (κ2) is 9.64. The molecule has 1 aliphatic carbocycles. The highest BCUT2D eigenvalue weighted by molar-refractivity contribution is 5.65. The van der Waals surface area contributed by atoms with Gasteiger partial charge in [-0.05, 0) is 24.8 Å². The molecule has 30 heavy (non-hydrogen) atoms. The SMILES string of the molecule is O=[N+](O)c1cnc(NCc2ccccc2OC(F)(F)F)cc1NCC1CCCCC1. The summed E-state index contributed by atoms with van der Waals surface area (Å²) in [5, 5.41) is 15.5. The number of ether oxygens (including phenoxy) is 1. The summed E-state index contributed by atoms with van der Waals surface area (Å²) in [6.07, 6.45) is 2.21. The Hall–Kier alpha value is -3.04. The minimum atomic E-state index is -4.79. The van der Waals surface area contributed by atoms with Crippen molar-refractivity contribution in [2.75, 3.05) is 17.2 Å². The van der Waals surface area contributed by atoms with Crippen LogP contribution < -0.4 is 15.4 Å². The van der Waals surface area contributed by atoms with Crippen LogP contribution in [0.5, 0.6) is 5.75 Å². The smallest absolute Gasteiger partial charge is 0.405 e. The van der Waals surface area contributed by atoms with E-state index in [1.54, 1.807) is 12.1 Å². The van der Waals surface area contributed by atoms with E-state index in [4.69, 9.17) is 0 Å². The summed E-state index contributed by atoms with van der Waals surface area (Å²) < 4.78 is 41.8. The number of anilines is 2. The van der Waals surface area contributed by atoms with Crippen molar-refractivity contribution in [1.29, 1.82) is 0 Å². The number of halogens is 3. The first-order valence-corrected chi connectivity index (χ1v) is 9.79. The van der Waals surface area contributed by atoms with Gasteiger partial charge in [0.1, 0.15) is 23.5 Å². The van der Waals surface area contributed by atoms with Crippen LogP contribution >= 0.6 is 0 Å². The molecule has 162 valence electrons. The average molecular weight is 425 g/mol. The summed E-state index contributed by atoms with van der Waals surface area (Å²) in [6, 6.07) is 7.35. The fourth-order valence-corrected chi connectivity index (χ4v) is 3.54. The largest absolute Gasteiger partial charge is 0.573 e. The van der Waals surface area contributed by atoms with E-state index in [1.807, 2.05) is 0 Å². The van der Waals surface area contributed by atoms with Crippen molar-refractivity contribution in [3.63, 3.8) is 0 Å². The zero-order valence-electron chi connectivity index (χ0n) is 16.3. The molecule has 0 aliphatic heterocycles. The van der Waals surface area contributed by atoms with Crippen LogP contribution in [-0.4, -0.2) is 28.0 Å². The molecule has 1 fully saturated rings. The molecule has 0 amide bonds. The molecule has 0 spiro atoms. The zero-order chi connectivity index (χ0) is 21.6. The number of rotatable bonds is 8. The Morgan fingerprint density at radius 2 is 1.90 bits per heavy atom. The first kappa shape index (κ1) is 21.7. The minimum absolute atomic E-state index is 0.0287. The van der Waals surface area contributed by atoms with E-state index in [9.17, 15) is 23.3 Å². The molecule has 0 bridgehead atoms. The summed E-state index contributed by atoms with van der Waals surface area (Å²) >= 11 is 0. The predicted octanol–water partition coefficient (Wildman–Crippen LogP) is 5.38. The highest BCUT2D eigenvalue weighted by atomic mass is 19.4. The lowest BCUT2D eigenvalue weighted by atomic mass is 9.89. The molecular formula is C20H24F3N4O3+. The van der Waals surface area contributed by atoms with Crippen LogP contribution in [0.1, 0.15) is 37.7 Å². The average Bonchev–Trinajstić information content (AvgIpc) is 2.71. The molecule has 0 saturated heterocycles. The predicted molar refractivity (Wildman–Crippen MR) is 105 cm³/mol.